The highest BCUT2D eigenvalue weighted by molar-refractivity contribution is 5.66. The van der Waals surface area contributed by atoms with Crippen molar-refractivity contribution in [2.24, 2.45) is 0 Å². The lowest BCUT2D eigenvalue weighted by molar-refractivity contribution is -0.137. The number of carboxylic acids is 1. The zero-order chi connectivity index (χ0) is 13.0. The Kier molecular flexibility index (Phi) is 3.62. The van der Waals surface area contributed by atoms with Gasteiger partial charge in [-0.2, -0.15) is 0 Å². The van der Waals surface area contributed by atoms with E-state index in [-0.39, 0.29) is 18.7 Å². The molecule has 2 aromatic rings. The molecule has 1 heterocycles. The van der Waals surface area contributed by atoms with E-state index in [9.17, 15) is 9.59 Å². The molecule has 0 atom stereocenters. The Morgan fingerprint density at radius 2 is 1.78 bits per heavy atom. The summed E-state index contributed by atoms with van der Waals surface area (Å²) in [5, 5.41) is 8.59. The van der Waals surface area contributed by atoms with Gasteiger partial charge in [0.15, 0.2) is 0 Å². The second-order valence-electron chi connectivity index (χ2n) is 4.03. The fourth-order valence-electron chi connectivity index (χ4n) is 1.74. The lowest BCUT2D eigenvalue weighted by Gasteiger charge is -2.01. The molecule has 5 heteroatoms. The second-order valence-corrected chi connectivity index (χ2v) is 4.03. The van der Waals surface area contributed by atoms with Crippen LogP contribution >= 0.6 is 0 Å². The van der Waals surface area contributed by atoms with E-state index in [2.05, 4.69) is 0 Å². The van der Waals surface area contributed by atoms with Crippen molar-refractivity contribution >= 4 is 5.97 Å². The average molecular weight is 246 g/mol. The van der Waals surface area contributed by atoms with Gasteiger partial charge in [0.05, 0.1) is 13.0 Å². The predicted molar refractivity (Wildman–Crippen MR) is 66.5 cm³/mol. The van der Waals surface area contributed by atoms with E-state index < -0.39 is 5.97 Å². The highest BCUT2D eigenvalue weighted by Crippen LogP contribution is 2.00. The van der Waals surface area contributed by atoms with Crippen LogP contribution in [0.4, 0.5) is 0 Å². The summed E-state index contributed by atoms with van der Waals surface area (Å²) < 4.78 is 2.98. The summed E-state index contributed by atoms with van der Waals surface area (Å²) in [6, 6.07) is 9.65. The van der Waals surface area contributed by atoms with Crippen LogP contribution in [0, 0.1) is 0 Å². The van der Waals surface area contributed by atoms with E-state index in [0.29, 0.717) is 6.54 Å². The molecule has 0 aliphatic rings. The Morgan fingerprint density at radius 1 is 1.11 bits per heavy atom. The molecule has 1 N–H and O–H groups in total. The number of carbonyl (C=O) groups is 1. The lowest BCUT2D eigenvalue weighted by atomic mass is 10.2. The third-order valence-electron chi connectivity index (χ3n) is 2.68. The number of aromatic nitrogens is 2. The van der Waals surface area contributed by atoms with Crippen molar-refractivity contribution < 1.29 is 9.90 Å². The first-order valence-electron chi connectivity index (χ1n) is 5.68. The Hall–Kier alpha value is -2.30. The average Bonchev–Trinajstić information content (AvgIpc) is 2.70. The van der Waals surface area contributed by atoms with E-state index >= 15 is 0 Å². The summed E-state index contributed by atoms with van der Waals surface area (Å²) in [4.78, 5) is 22.4. The quantitative estimate of drug-likeness (QED) is 0.861. The number of hydrogen-bond acceptors (Lipinski definition) is 2. The normalized spacial score (nSPS) is 10.4. The number of aryl methyl sites for hydroxylation is 1. The van der Waals surface area contributed by atoms with Crippen LogP contribution in [0.15, 0.2) is 47.5 Å². The van der Waals surface area contributed by atoms with Gasteiger partial charge in [0.25, 0.3) is 0 Å². The molecule has 5 nitrogen and oxygen atoms in total. The van der Waals surface area contributed by atoms with E-state index in [0.717, 1.165) is 5.56 Å². The van der Waals surface area contributed by atoms with Gasteiger partial charge in [-0.3, -0.25) is 13.9 Å². The van der Waals surface area contributed by atoms with E-state index in [1.807, 2.05) is 30.3 Å². The van der Waals surface area contributed by atoms with Crippen molar-refractivity contribution in [1.82, 2.24) is 9.13 Å². The first-order valence-corrected chi connectivity index (χ1v) is 5.68. The van der Waals surface area contributed by atoms with Crippen LogP contribution in [0.2, 0.25) is 0 Å². The van der Waals surface area contributed by atoms with Gasteiger partial charge in [-0.15, -0.1) is 0 Å². The summed E-state index contributed by atoms with van der Waals surface area (Å²) in [5.74, 6) is -0.905. The van der Waals surface area contributed by atoms with E-state index in [4.69, 9.17) is 5.11 Å². The van der Waals surface area contributed by atoms with Gasteiger partial charge in [0, 0.05) is 18.9 Å². The van der Waals surface area contributed by atoms with Gasteiger partial charge in [0.2, 0.25) is 0 Å². The van der Waals surface area contributed by atoms with Crippen LogP contribution in [0.5, 0.6) is 0 Å². The number of hydrogen-bond donors (Lipinski definition) is 1. The fourth-order valence-corrected chi connectivity index (χ4v) is 1.74. The van der Waals surface area contributed by atoms with Crippen molar-refractivity contribution in [3.63, 3.8) is 0 Å². The molecule has 0 radical (unpaired) electrons. The summed E-state index contributed by atoms with van der Waals surface area (Å²) in [7, 11) is 0. The van der Waals surface area contributed by atoms with Crippen molar-refractivity contribution in [2.75, 3.05) is 0 Å². The molecule has 1 aromatic carbocycles. The third-order valence-corrected chi connectivity index (χ3v) is 2.68. The molecular weight excluding hydrogens is 232 g/mol. The van der Waals surface area contributed by atoms with Gasteiger partial charge in [-0.25, -0.2) is 4.79 Å². The Balaban J connectivity index is 2.11. The number of nitrogens with zero attached hydrogens (tertiary/aromatic N) is 2. The third kappa shape index (κ3) is 2.88. The second kappa shape index (κ2) is 5.35. The van der Waals surface area contributed by atoms with Crippen LogP contribution in [0.25, 0.3) is 0 Å². The fraction of sp³-hybridized carbons (Fsp3) is 0.231. The monoisotopic (exact) mass is 246 g/mol. The van der Waals surface area contributed by atoms with Crippen LogP contribution in [-0.4, -0.2) is 20.2 Å². The first kappa shape index (κ1) is 12.2. The summed E-state index contributed by atoms with van der Waals surface area (Å²) in [6.07, 6.45) is 3.25. The molecular formula is C13H14N2O3. The van der Waals surface area contributed by atoms with E-state index in [1.165, 1.54) is 4.57 Å². The molecule has 94 valence electrons. The first-order chi connectivity index (χ1) is 8.66. The molecule has 0 fully saturated rings. The Bertz CT molecular complexity index is 584. The van der Waals surface area contributed by atoms with Crippen LogP contribution in [-0.2, 0) is 17.9 Å². The van der Waals surface area contributed by atoms with Gasteiger partial charge in [-0.05, 0) is 5.56 Å². The number of rotatable bonds is 5. The van der Waals surface area contributed by atoms with Crippen molar-refractivity contribution in [1.29, 1.82) is 0 Å². The van der Waals surface area contributed by atoms with Crippen LogP contribution in [0.3, 0.4) is 0 Å². The van der Waals surface area contributed by atoms with Crippen molar-refractivity contribution in [3.8, 4) is 0 Å². The zero-order valence-corrected chi connectivity index (χ0v) is 9.82. The van der Waals surface area contributed by atoms with Crippen molar-refractivity contribution in [2.45, 2.75) is 19.5 Å². The van der Waals surface area contributed by atoms with Gasteiger partial charge in [0.1, 0.15) is 0 Å². The molecule has 0 aliphatic carbocycles. The maximum atomic E-state index is 11.9. The summed E-state index contributed by atoms with van der Waals surface area (Å²) in [6.45, 7) is 0.704. The number of benzene rings is 1. The van der Waals surface area contributed by atoms with Crippen molar-refractivity contribution in [3.05, 3.63) is 58.8 Å². The van der Waals surface area contributed by atoms with Gasteiger partial charge in [-0.1, -0.05) is 30.3 Å². The molecule has 2 rings (SSSR count). The minimum atomic E-state index is -0.905. The number of imidazole rings is 1. The minimum Gasteiger partial charge on any atom is -0.481 e. The largest absolute Gasteiger partial charge is 0.481 e. The summed E-state index contributed by atoms with van der Waals surface area (Å²) in [5.41, 5.74) is 0.857. The van der Waals surface area contributed by atoms with Crippen LogP contribution in [0.1, 0.15) is 12.0 Å². The van der Waals surface area contributed by atoms with E-state index in [1.54, 1.807) is 17.0 Å². The topological polar surface area (TPSA) is 64.2 Å². The molecule has 18 heavy (non-hydrogen) atoms. The Labute approximate surface area is 104 Å². The molecule has 0 spiro atoms. The molecule has 0 aliphatic heterocycles. The maximum absolute atomic E-state index is 11.9. The number of aliphatic carboxylic acids is 1. The molecule has 0 bridgehead atoms. The molecule has 0 unspecified atom stereocenters. The summed E-state index contributed by atoms with van der Waals surface area (Å²) >= 11 is 0. The standard InChI is InChI=1S/C13H14N2O3/c16-12(17)6-7-14-8-9-15(13(14)18)10-11-4-2-1-3-5-11/h1-5,8-9H,6-7,10H2,(H,16,17). The molecule has 0 amide bonds. The van der Waals surface area contributed by atoms with Gasteiger partial charge < -0.3 is 5.11 Å². The van der Waals surface area contributed by atoms with Gasteiger partial charge >= 0.3 is 11.7 Å². The predicted octanol–water partition coefficient (Wildman–Crippen LogP) is 1.17. The Morgan fingerprint density at radius 3 is 2.44 bits per heavy atom. The van der Waals surface area contributed by atoms with Crippen LogP contribution < -0.4 is 5.69 Å². The molecule has 0 saturated carbocycles. The highest BCUT2D eigenvalue weighted by Gasteiger charge is 2.05. The smallest absolute Gasteiger partial charge is 0.328 e. The SMILES string of the molecule is O=C(O)CCn1ccn(Cc2ccccc2)c1=O. The highest BCUT2D eigenvalue weighted by atomic mass is 16.4. The lowest BCUT2D eigenvalue weighted by Crippen LogP contribution is -2.25. The zero-order valence-electron chi connectivity index (χ0n) is 9.82. The maximum Gasteiger partial charge on any atom is 0.328 e. The molecule has 1 aromatic heterocycles. The molecule has 0 saturated heterocycles. The minimum absolute atomic E-state index is 0.0464. The number of carboxylic acid groups (broad SMARTS) is 1.